The molecule has 5 nitrogen and oxygen atoms in total. The van der Waals surface area contributed by atoms with Gasteiger partial charge in [0.2, 0.25) is 0 Å². The number of hydrogen-bond acceptors (Lipinski definition) is 4. The Kier molecular flexibility index (Phi) is 2.83. The Hall–Kier alpha value is -2.87. The zero-order valence-corrected chi connectivity index (χ0v) is 10.00. The van der Waals surface area contributed by atoms with Crippen LogP contribution in [0.2, 0.25) is 0 Å². The summed E-state index contributed by atoms with van der Waals surface area (Å²) >= 11 is 0. The zero-order valence-electron chi connectivity index (χ0n) is 10.00. The van der Waals surface area contributed by atoms with Crippen molar-refractivity contribution in [3.63, 3.8) is 0 Å². The van der Waals surface area contributed by atoms with Gasteiger partial charge in [0, 0.05) is 11.8 Å². The number of pyridine rings is 1. The molecule has 1 N–H and O–H groups in total. The van der Waals surface area contributed by atoms with Crippen LogP contribution in [0.1, 0.15) is 0 Å². The molecule has 0 atom stereocenters. The summed E-state index contributed by atoms with van der Waals surface area (Å²) in [4.78, 5) is 11.8. The predicted octanol–water partition coefficient (Wildman–Crippen LogP) is 2.53. The van der Waals surface area contributed by atoms with Gasteiger partial charge in [-0.3, -0.25) is 0 Å². The minimum absolute atomic E-state index is 0.0495. The Morgan fingerprint density at radius 2 is 2.05 bits per heavy atom. The average Bonchev–Trinajstić information content (AvgIpc) is 2.89. The molecule has 0 bridgehead atoms. The Balaban J connectivity index is 1.91. The minimum atomic E-state index is 0.0495. The number of fused-ring (bicyclic) bond motifs is 1. The second-order valence-corrected chi connectivity index (χ2v) is 3.93. The lowest BCUT2D eigenvalue weighted by Crippen LogP contribution is -1.92. The van der Waals surface area contributed by atoms with Crippen LogP contribution in [-0.2, 0) is 0 Å². The van der Waals surface area contributed by atoms with E-state index in [1.807, 2.05) is 42.5 Å². The molecule has 0 radical (unpaired) electrons. The zero-order chi connectivity index (χ0) is 13.1. The third kappa shape index (κ3) is 2.24. The summed E-state index contributed by atoms with van der Waals surface area (Å²) in [6.07, 6.45) is 1.71. The van der Waals surface area contributed by atoms with Gasteiger partial charge in [-0.1, -0.05) is 0 Å². The van der Waals surface area contributed by atoms with Crippen molar-refractivity contribution in [1.82, 2.24) is 15.0 Å². The molecule has 0 aliphatic carbocycles. The SMILES string of the molecule is N#CCOc1ccc(-c2nc3ncccc3[nH]2)cc1. The van der Waals surface area contributed by atoms with E-state index >= 15 is 0 Å². The summed E-state index contributed by atoms with van der Waals surface area (Å²) in [7, 11) is 0. The summed E-state index contributed by atoms with van der Waals surface area (Å²) in [6.45, 7) is 0.0495. The van der Waals surface area contributed by atoms with Crippen LogP contribution in [0, 0.1) is 11.3 Å². The molecule has 19 heavy (non-hydrogen) atoms. The fourth-order valence-corrected chi connectivity index (χ4v) is 1.81. The summed E-state index contributed by atoms with van der Waals surface area (Å²) in [5.41, 5.74) is 2.55. The van der Waals surface area contributed by atoms with E-state index in [-0.39, 0.29) is 6.61 Å². The minimum Gasteiger partial charge on any atom is -0.479 e. The maximum Gasteiger partial charge on any atom is 0.178 e. The number of nitriles is 1. The number of aromatic nitrogens is 3. The summed E-state index contributed by atoms with van der Waals surface area (Å²) < 4.78 is 5.20. The highest BCUT2D eigenvalue weighted by molar-refractivity contribution is 5.75. The highest BCUT2D eigenvalue weighted by Gasteiger charge is 2.05. The molecule has 0 fully saturated rings. The molecular formula is C14H10N4O. The number of aromatic amines is 1. The Morgan fingerprint density at radius 1 is 1.21 bits per heavy atom. The van der Waals surface area contributed by atoms with Gasteiger partial charge in [-0.2, -0.15) is 5.26 Å². The number of nitrogens with one attached hydrogen (secondary N) is 1. The number of benzene rings is 1. The second-order valence-electron chi connectivity index (χ2n) is 3.93. The largest absolute Gasteiger partial charge is 0.479 e. The molecule has 0 unspecified atom stereocenters. The molecule has 2 heterocycles. The van der Waals surface area contributed by atoms with E-state index in [0.29, 0.717) is 11.4 Å². The van der Waals surface area contributed by atoms with Crippen LogP contribution in [0.5, 0.6) is 5.75 Å². The van der Waals surface area contributed by atoms with Crippen LogP contribution < -0.4 is 4.74 Å². The third-order valence-electron chi connectivity index (χ3n) is 2.69. The fourth-order valence-electron chi connectivity index (χ4n) is 1.81. The van der Waals surface area contributed by atoms with Gasteiger partial charge < -0.3 is 9.72 Å². The molecule has 0 aliphatic heterocycles. The molecule has 0 amide bonds. The van der Waals surface area contributed by atoms with Gasteiger partial charge in [0.25, 0.3) is 0 Å². The number of rotatable bonds is 3. The lowest BCUT2D eigenvalue weighted by atomic mass is 10.2. The molecular weight excluding hydrogens is 240 g/mol. The van der Waals surface area contributed by atoms with Crippen LogP contribution in [0.3, 0.4) is 0 Å². The predicted molar refractivity (Wildman–Crippen MR) is 70.4 cm³/mol. The van der Waals surface area contributed by atoms with Gasteiger partial charge in [-0.15, -0.1) is 0 Å². The maximum absolute atomic E-state index is 8.44. The van der Waals surface area contributed by atoms with Gasteiger partial charge in [-0.05, 0) is 36.4 Å². The first-order chi connectivity index (χ1) is 9.36. The quantitative estimate of drug-likeness (QED) is 0.775. The van der Waals surface area contributed by atoms with Crippen LogP contribution in [0.25, 0.3) is 22.6 Å². The molecule has 5 heteroatoms. The van der Waals surface area contributed by atoms with E-state index < -0.39 is 0 Å². The Morgan fingerprint density at radius 3 is 2.79 bits per heavy atom. The number of imidazole rings is 1. The van der Waals surface area contributed by atoms with E-state index in [0.717, 1.165) is 16.9 Å². The normalized spacial score (nSPS) is 10.3. The molecule has 0 saturated heterocycles. The van der Waals surface area contributed by atoms with E-state index in [1.54, 1.807) is 6.20 Å². The van der Waals surface area contributed by atoms with Gasteiger partial charge in [0.05, 0.1) is 5.52 Å². The van der Waals surface area contributed by atoms with Crippen LogP contribution in [0.15, 0.2) is 42.6 Å². The molecule has 1 aromatic carbocycles. The summed E-state index contributed by atoms with van der Waals surface area (Å²) in [5.74, 6) is 1.43. The Labute approximate surface area is 109 Å². The average molecular weight is 250 g/mol. The molecule has 3 rings (SSSR count). The number of hydrogen-bond donors (Lipinski definition) is 1. The molecule has 3 aromatic rings. The maximum atomic E-state index is 8.44. The van der Waals surface area contributed by atoms with Gasteiger partial charge in [0.15, 0.2) is 12.3 Å². The van der Waals surface area contributed by atoms with Gasteiger partial charge in [0.1, 0.15) is 17.6 Å². The van der Waals surface area contributed by atoms with Crippen molar-refractivity contribution in [2.75, 3.05) is 6.61 Å². The molecule has 0 saturated carbocycles. The van der Waals surface area contributed by atoms with Crippen molar-refractivity contribution in [3.05, 3.63) is 42.6 Å². The summed E-state index contributed by atoms with van der Waals surface area (Å²) in [5, 5.41) is 8.44. The van der Waals surface area contributed by atoms with E-state index in [1.165, 1.54) is 0 Å². The number of H-pyrrole nitrogens is 1. The van der Waals surface area contributed by atoms with Crippen molar-refractivity contribution in [1.29, 1.82) is 5.26 Å². The molecule has 92 valence electrons. The number of ether oxygens (including phenoxy) is 1. The molecule has 2 aromatic heterocycles. The number of nitrogens with zero attached hydrogens (tertiary/aromatic N) is 3. The first-order valence-electron chi connectivity index (χ1n) is 5.78. The van der Waals surface area contributed by atoms with Crippen molar-refractivity contribution < 1.29 is 4.74 Å². The lowest BCUT2D eigenvalue weighted by molar-refractivity contribution is 0.368. The standard InChI is InChI=1S/C14H10N4O/c15-7-9-19-11-5-3-10(4-6-11)13-17-12-2-1-8-16-14(12)18-13/h1-6,8H,9H2,(H,16,17,18). The van der Waals surface area contributed by atoms with Crippen LogP contribution in [0.4, 0.5) is 0 Å². The van der Waals surface area contributed by atoms with Crippen molar-refractivity contribution >= 4 is 11.2 Å². The smallest absolute Gasteiger partial charge is 0.178 e. The fraction of sp³-hybridized carbons (Fsp3) is 0.0714. The first kappa shape index (κ1) is 11.2. The first-order valence-corrected chi connectivity index (χ1v) is 5.78. The van der Waals surface area contributed by atoms with Gasteiger partial charge in [-0.25, -0.2) is 9.97 Å². The molecule has 0 spiro atoms. The summed E-state index contributed by atoms with van der Waals surface area (Å²) in [6, 6.07) is 13.1. The monoisotopic (exact) mass is 250 g/mol. The topological polar surface area (TPSA) is 74.6 Å². The second kappa shape index (κ2) is 4.78. The molecule has 0 aliphatic rings. The van der Waals surface area contributed by atoms with Crippen molar-refractivity contribution in [3.8, 4) is 23.2 Å². The van der Waals surface area contributed by atoms with Crippen molar-refractivity contribution in [2.24, 2.45) is 0 Å². The van der Waals surface area contributed by atoms with Crippen LogP contribution in [-0.4, -0.2) is 21.6 Å². The van der Waals surface area contributed by atoms with Crippen LogP contribution >= 0.6 is 0 Å². The highest BCUT2D eigenvalue weighted by atomic mass is 16.5. The van der Waals surface area contributed by atoms with E-state index in [2.05, 4.69) is 15.0 Å². The van der Waals surface area contributed by atoms with Crippen molar-refractivity contribution in [2.45, 2.75) is 0 Å². The lowest BCUT2D eigenvalue weighted by Gasteiger charge is -2.01. The van der Waals surface area contributed by atoms with Gasteiger partial charge >= 0.3 is 0 Å². The van der Waals surface area contributed by atoms with E-state index in [9.17, 15) is 0 Å². The third-order valence-corrected chi connectivity index (χ3v) is 2.69. The highest BCUT2D eigenvalue weighted by Crippen LogP contribution is 2.21. The van der Waals surface area contributed by atoms with E-state index in [4.69, 9.17) is 10.00 Å². The Bertz CT molecular complexity index is 707.